The van der Waals surface area contributed by atoms with E-state index in [1.165, 1.54) is 22.5 Å². The number of rotatable bonds is 12. The van der Waals surface area contributed by atoms with Gasteiger partial charge in [-0.2, -0.15) is 4.31 Å². The minimum Gasteiger partial charge on any atom is -0.481 e. The standard InChI is InChI=1S/C31H38N2O5S/c1-31(2,19-23-16-26-6-4-5-7-27(26)17-23)32-20-28(34)21-33(3)39(37,38)29-14-12-25(13-15-29)24-10-8-22(9-11-24)18-30(35)36/h4-15,23,28,32,34H,16-21H2,1-3H3,(H,35,36)/t28-/m1/s1. The number of fused-ring (bicyclic) bond motifs is 1. The minimum absolute atomic E-state index is 0.0208. The summed E-state index contributed by atoms with van der Waals surface area (Å²) in [5.41, 5.74) is 5.06. The van der Waals surface area contributed by atoms with Crippen LogP contribution in [0.3, 0.4) is 0 Å². The van der Waals surface area contributed by atoms with E-state index < -0.39 is 22.1 Å². The average molecular weight is 551 g/mol. The lowest BCUT2D eigenvalue weighted by Gasteiger charge is -2.31. The Labute approximate surface area is 231 Å². The zero-order valence-electron chi connectivity index (χ0n) is 22.8. The molecule has 8 heteroatoms. The molecule has 1 aliphatic rings. The van der Waals surface area contributed by atoms with E-state index >= 15 is 0 Å². The van der Waals surface area contributed by atoms with E-state index in [0.717, 1.165) is 30.4 Å². The number of nitrogens with one attached hydrogen (secondary N) is 1. The van der Waals surface area contributed by atoms with Crippen molar-refractivity contribution in [2.24, 2.45) is 5.92 Å². The average Bonchev–Trinajstić information content (AvgIpc) is 3.29. The van der Waals surface area contributed by atoms with Crippen molar-refractivity contribution in [3.63, 3.8) is 0 Å². The lowest BCUT2D eigenvalue weighted by Crippen LogP contribution is -2.47. The first-order valence-electron chi connectivity index (χ1n) is 13.3. The quantitative estimate of drug-likeness (QED) is 0.313. The summed E-state index contributed by atoms with van der Waals surface area (Å²) in [6.45, 7) is 4.53. The first-order valence-corrected chi connectivity index (χ1v) is 14.7. The van der Waals surface area contributed by atoms with Crippen LogP contribution in [0.15, 0.2) is 77.7 Å². The highest BCUT2D eigenvalue weighted by atomic mass is 32.2. The van der Waals surface area contributed by atoms with Crippen LogP contribution in [0.1, 0.15) is 37.0 Å². The number of aliphatic carboxylic acids is 1. The Bertz CT molecular complexity index is 1360. The van der Waals surface area contributed by atoms with Crippen LogP contribution < -0.4 is 5.32 Å². The van der Waals surface area contributed by atoms with Crippen molar-refractivity contribution in [1.29, 1.82) is 0 Å². The zero-order valence-corrected chi connectivity index (χ0v) is 23.6. The lowest BCUT2D eigenvalue weighted by molar-refractivity contribution is -0.136. The highest BCUT2D eigenvalue weighted by molar-refractivity contribution is 7.89. The van der Waals surface area contributed by atoms with E-state index in [1.807, 2.05) is 12.1 Å². The molecule has 0 saturated carbocycles. The Kier molecular flexibility index (Phi) is 8.91. The van der Waals surface area contributed by atoms with Gasteiger partial charge < -0.3 is 15.5 Å². The van der Waals surface area contributed by atoms with Gasteiger partial charge in [0.1, 0.15) is 0 Å². The first-order chi connectivity index (χ1) is 18.4. The van der Waals surface area contributed by atoms with Gasteiger partial charge in [0.05, 0.1) is 17.4 Å². The largest absolute Gasteiger partial charge is 0.481 e. The number of carboxylic acids is 1. The van der Waals surface area contributed by atoms with Crippen molar-refractivity contribution in [1.82, 2.24) is 9.62 Å². The van der Waals surface area contributed by atoms with E-state index in [1.54, 1.807) is 36.4 Å². The molecular weight excluding hydrogens is 512 g/mol. The summed E-state index contributed by atoms with van der Waals surface area (Å²) in [7, 11) is -2.30. The summed E-state index contributed by atoms with van der Waals surface area (Å²) in [5.74, 6) is -0.336. The molecule has 0 spiro atoms. The van der Waals surface area contributed by atoms with Gasteiger partial charge in [-0.05, 0) is 79.0 Å². The molecule has 1 atom stereocenters. The van der Waals surface area contributed by atoms with E-state index in [0.29, 0.717) is 18.0 Å². The number of hydrogen-bond donors (Lipinski definition) is 3. The Morgan fingerprint density at radius 2 is 1.51 bits per heavy atom. The summed E-state index contributed by atoms with van der Waals surface area (Å²) in [5, 5.41) is 23.0. The highest BCUT2D eigenvalue weighted by Crippen LogP contribution is 2.32. The van der Waals surface area contributed by atoms with E-state index in [9.17, 15) is 18.3 Å². The molecule has 3 aromatic carbocycles. The van der Waals surface area contributed by atoms with Crippen molar-refractivity contribution in [3.05, 3.63) is 89.5 Å². The second-order valence-electron chi connectivity index (χ2n) is 11.2. The molecule has 0 bridgehead atoms. The van der Waals surface area contributed by atoms with Crippen LogP contribution in [0.25, 0.3) is 11.1 Å². The Balaban J connectivity index is 1.29. The summed E-state index contributed by atoms with van der Waals surface area (Å²) in [6, 6.07) is 22.3. The number of β-amino-alcohol motifs (C(OH)–C–C–N with tert-alkyl or cyclic N) is 1. The number of sulfonamides is 1. The summed E-state index contributed by atoms with van der Waals surface area (Å²) in [6.07, 6.45) is 2.21. The van der Waals surface area contributed by atoms with Gasteiger partial charge in [-0.25, -0.2) is 8.42 Å². The number of hydrogen-bond acceptors (Lipinski definition) is 5. The molecule has 0 radical (unpaired) electrons. The third-order valence-corrected chi connectivity index (χ3v) is 9.26. The molecule has 0 heterocycles. The van der Waals surface area contributed by atoms with Gasteiger partial charge >= 0.3 is 5.97 Å². The van der Waals surface area contributed by atoms with Crippen molar-refractivity contribution in [2.45, 2.75) is 56.1 Å². The van der Waals surface area contributed by atoms with Gasteiger partial charge in [-0.3, -0.25) is 4.79 Å². The van der Waals surface area contributed by atoms with Crippen LogP contribution in [0.2, 0.25) is 0 Å². The van der Waals surface area contributed by atoms with Crippen LogP contribution in [-0.4, -0.2) is 60.7 Å². The van der Waals surface area contributed by atoms with Crippen LogP contribution in [0.4, 0.5) is 0 Å². The fourth-order valence-corrected chi connectivity index (χ4v) is 6.64. The summed E-state index contributed by atoms with van der Waals surface area (Å²) in [4.78, 5) is 11.0. The second kappa shape index (κ2) is 12.0. The van der Waals surface area contributed by atoms with Gasteiger partial charge in [-0.1, -0.05) is 60.7 Å². The molecule has 3 N–H and O–H groups in total. The van der Waals surface area contributed by atoms with Crippen LogP contribution in [0, 0.1) is 5.92 Å². The Morgan fingerprint density at radius 3 is 2.05 bits per heavy atom. The number of benzene rings is 3. The van der Waals surface area contributed by atoms with Gasteiger partial charge in [0, 0.05) is 25.7 Å². The lowest BCUT2D eigenvalue weighted by atomic mass is 9.88. The molecule has 39 heavy (non-hydrogen) atoms. The first kappa shape index (κ1) is 29.0. The molecule has 0 unspecified atom stereocenters. The maximum Gasteiger partial charge on any atom is 0.307 e. The van der Waals surface area contributed by atoms with Crippen molar-refractivity contribution in [3.8, 4) is 11.1 Å². The molecular formula is C31H38N2O5S. The van der Waals surface area contributed by atoms with Crippen molar-refractivity contribution >= 4 is 16.0 Å². The smallest absolute Gasteiger partial charge is 0.307 e. The number of likely N-dealkylation sites (N-methyl/N-ethyl adjacent to an activating group) is 1. The normalized spacial score (nSPS) is 14.9. The number of carbonyl (C=O) groups is 1. The van der Waals surface area contributed by atoms with E-state index in [4.69, 9.17) is 5.11 Å². The molecule has 4 rings (SSSR count). The van der Waals surface area contributed by atoms with E-state index in [2.05, 4.69) is 43.4 Å². The Hall–Kier alpha value is -3.04. The molecule has 0 aromatic heterocycles. The predicted octanol–water partition coefficient (Wildman–Crippen LogP) is 4.14. The molecule has 0 saturated heterocycles. The number of aliphatic hydroxyl groups is 1. The van der Waals surface area contributed by atoms with E-state index in [-0.39, 0.29) is 23.4 Å². The van der Waals surface area contributed by atoms with Crippen molar-refractivity contribution in [2.75, 3.05) is 20.1 Å². The third-order valence-electron chi connectivity index (χ3n) is 7.42. The Morgan fingerprint density at radius 1 is 0.974 bits per heavy atom. The highest BCUT2D eigenvalue weighted by Gasteiger charge is 2.29. The van der Waals surface area contributed by atoms with Gasteiger partial charge in [-0.15, -0.1) is 0 Å². The molecule has 208 valence electrons. The topological polar surface area (TPSA) is 107 Å². The molecule has 1 aliphatic carbocycles. The molecule has 7 nitrogen and oxygen atoms in total. The van der Waals surface area contributed by atoms with Gasteiger partial charge in [0.25, 0.3) is 0 Å². The third kappa shape index (κ3) is 7.54. The number of nitrogens with zero attached hydrogens (tertiary/aromatic N) is 1. The second-order valence-corrected chi connectivity index (χ2v) is 13.3. The molecule has 3 aromatic rings. The monoisotopic (exact) mass is 550 g/mol. The fraction of sp³-hybridized carbons (Fsp3) is 0.387. The van der Waals surface area contributed by atoms with Gasteiger partial charge in [0.2, 0.25) is 10.0 Å². The maximum absolute atomic E-state index is 13.1. The number of aliphatic hydroxyl groups excluding tert-OH is 1. The number of carboxylic acid groups (broad SMARTS) is 1. The zero-order chi connectivity index (χ0) is 28.2. The van der Waals surface area contributed by atoms with Crippen LogP contribution in [0.5, 0.6) is 0 Å². The minimum atomic E-state index is -3.78. The predicted molar refractivity (Wildman–Crippen MR) is 153 cm³/mol. The SMILES string of the molecule is CN(C[C@H](O)CNC(C)(C)CC1Cc2ccccc2C1)S(=O)(=O)c1ccc(-c2ccc(CC(=O)O)cc2)cc1. The molecule has 0 amide bonds. The van der Waals surface area contributed by atoms with Gasteiger partial charge in [0.15, 0.2) is 0 Å². The molecule has 0 fully saturated rings. The van der Waals surface area contributed by atoms with Crippen LogP contribution in [-0.2, 0) is 34.1 Å². The fourth-order valence-electron chi connectivity index (χ4n) is 5.43. The molecule has 0 aliphatic heterocycles. The maximum atomic E-state index is 13.1. The van der Waals surface area contributed by atoms with Crippen molar-refractivity contribution < 1.29 is 23.4 Å². The summed E-state index contributed by atoms with van der Waals surface area (Å²) < 4.78 is 27.5. The van der Waals surface area contributed by atoms with Crippen LogP contribution >= 0.6 is 0 Å². The summed E-state index contributed by atoms with van der Waals surface area (Å²) >= 11 is 0.